The Morgan fingerprint density at radius 3 is 2.75 bits per heavy atom. The predicted molar refractivity (Wildman–Crippen MR) is 104 cm³/mol. The second kappa shape index (κ2) is 9.48. The lowest BCUT2D eigenvalue weighted by Crippen LogP contribution is -3.14. The second-order valence-corrected chi connectivity index (χ2v) is 6.53. The average molecular weight is 388 g/mol. The van der Waals surface area contributed by atoms with E-state index in [9.17, 15) is 9.59 Å². The maximum atomic E-state index is 12.4. The van der Waals surface area contributed by atoms with Gasteiger partial charge in [-0.05, 0) is 25.1 Å². The summed E-state index contributed by atoms with van der Waals surface area (Å²) in [5.74, 6) is -0.881. The number of carbonyl (C=O) groups is 2. The molecule has 0 atom stereocenters. The Kier molecular flexibility index (Phi) is 6.78. The summed E-state index contributed by atoms with van der Waals surface area (Å²) in [6.45, 7) is 7.07. The molecule has 3 rings (SSSR count). The van der Waals surface area contributed by atoms with E-state index in [4.69, 9.17) is 14.2 Å². The Balaban J connectivity index is 1.92. The topological polar surface area (TPSA) is 91.2 Å². The van der Waals surface area contributed by atoms with Gasteiger partial charge in [0.1, 0.15) is 18.7 Å². The summed E-state index contributed by atoms with van der Waals surface area (Å²) < 4.78 is 15.4. The number of hydrogen-bond acceptors (Lipinski definition) is 7. The first-order valence-corrected chi connectivity index (χ1v) is 9.47. The van der Waals surface area contributed by atoms with E-state index >= 15 is 0 Å². The van der Waals surface area contributed by atoms with Gasteiger partial charge in [-0.1, -0.05) is 0 Å². The highest BCUT2D eigenvalue weighted by Crippen LogP contribution is 2.28. The molecule has 1 fully saturated rings. The fourth-order valence-electron chi connectivity index (χ4n) is 3.27. The van der Waals surface area contributed by atoms with Crippen LogP contribution in [0.3, 0.4) is 0 Å². The van der Waals surface area contributed by atoms with Gasteiger partial charge in [0.25, 0.3) is 0 Å². The summed E-state index contributed by atoms with van der Waals surface area (Å²) >= 11 is 0. The second-order valence-electron chi connectivity index (χ2n) is 6.53. The fourth-order valence-corrected chi connectivity index (χ4v) is 3.27. The zero-order valence-corrected chi connectivity index (χ0v) is 16.2. The molecule has 2 heterocycles. The number of methoxy groups -OCH3 is 1. The zero-order valence-electron chi connectivity index (χ0n) is 16.2. The standard InChI is InChI=1S/C20H25N3O5/c1-3-28-20(25)16-13-22-17-5-4-14(19(24)26-2)12-15(17)18(16)21-6-7-23-8-10-27-11-9-23/h4-5,12-13H,3,6-11H2,1-2H3,(H,21,22)/p+1. The molecule has 0 spiro atoms. The maximum absolute atomic E-state index is 12.4. The number of nitrogens with zero attached hydrogens (tertiary/aromatic N) is 1. The van der Waals surface area contributed by atoms with Crippen LogP contribution in [0.2, 0.25) is 0 Å². The number of hydrogen-bond donors (Lipinski definition) is 2. The number of pyridine rings is 1. The van der Waals surface area contributed by atoms with Crippen LogP contribution in [-0.4, -0.2) is 70.0 Å². The van der Waals surface area contributed by atoms with Crippen molar-refractivity contribution in [1.82, 2.24) is 4.98 Å². The van der Waals surface area contributed by atoms with Gasteiger partial charge in [0.05, 0.1) is 56.8 Å². The Labute approximate surface area is 163 Å². The van der Waals surface area contributed by atoms with Gasteiger partial charge in [0.15, 0.2) is 0 Å². The van der Waals surface area contributed by atoms with Crippen LogP contribution in [-0.2, 0) is 14.2 Å². The lowest BCUT2D eigenvalue weighted by Gasteiger charge is -2.24. The first-order chi connectivity index (χ1) is 13.6. The summed E-state index contributed by atoms with van der Waals surface area (Å²) in [6.07, 6.45) is 1.52. The number of nitrogens with one attached hydrogen (secondary N) is 2. The molecule has 1 aromatic heterocycles. The van der Waals surface area contributed by atoms with Crippen molar-refractivity contribution in [3.63, 3.8) is 0 Å². The average Bonchev–Trinajstić information content (AvgIpc) is 2.73. The molecule has 2 aromatic rings. The summed E-state index contributed by atoms with van der Waals surface area (Å²) in [4.78, 5) is 30.2. The van der Waals surface area contributed by atoms with Crippen molar-refractivity contribution in [1.29, 1.82) is 0 Å². The van der Waals surface area contributed by atoms with Crippen molar-refractivity contribution in [3.05, 3.63) is 35.5 Å². The van der Waals surface area contributed by atoms with Gasteiger partial charge in [-0.15, -0.1) is 0 Å². The quantitative estimate of drug-likeness (QED) is 0.669. The largest absolute Gasteiger partial charge is 0.465 e. The molecule has 8 nitrogen and oxygen atoms in total. The van der Waals surface area contributed by atoms with Crippen molar-refractivity contribution in [3.8, 4) is 0 Å². The predicted octanol–water partition coefficient (Wildman–Crippen LogP) is 0.525. The summed E-state index contributed by atoms with van der Waals surface area (Å²) in [5, 5.41) is 4.06. The van der Waals surface area contributed by atoms with Crippen molar-refractivity contribution in [2.24, 2.45) is 0 Å². The number of rotatable bonds is 7. The molecule has 0 unspecified atom stereocenters. The molecule has 0 aliphatic carbocycles. The number of ether oxygens (including phenoxy) is 3. The Morgan fingerprint density at radius 1 is 1.25 bits per heavy atom. The number of quaternary nitrogens is 1. The van der Waals surface area contributed by atoms with Crippen LogP contribution in [0.5, 0.6) is 0 Å². The summed E-state index contributed by atoms with van der Waals surface area (Å²) in [5.41, 5.74) is 2.07. The molecule has 1 saturated heterocycles. The molecular formula is C20H26N3O5+. The number of aromatic nitrogens is 1. The van der Waals surface area contributed by atoms with Crippen molar-refractivity contribution in [2.45, 2.75) is 6.92 Å². The smallest absolute Gasteiger partial charge is 0.341 e. The van der Waals surface area contributed by atoms with E-state index in [1.165, 1.54) is 18.2 Å². The van der Waals surface area contributed by atoms with Crippen LogP contribution in [0.4, 0.5) is 5.69 Å². The minimum absolute atomic E-state index is 0.274. The van der Waals surface area contributed by atoms with Gasteiger partial charge in [-0.3, -0.25) is 4.98 Å². The molecule has 28 heavy (non-hydrogen) atoms. The number of carbonyl (C=O) groups excluding carboxylic acids is 2. The molecule has 0 saturated carbocycles. The number of morpholine rings is 1. The van der Waals surface area contributed by atoms with Gasteiger partial charge >= 0.3 is 11.9 Å². The van der Waals surface area contributed by atoms with E-state index < -0.39 is 11.9 Å². The van der Waals surface area contributed by atoms with Crippen LogP contribution in [0.25, 0.3) is 10.9 Å². The molecule has 2 N–H and O–H groups in total. The van der Waals surface area contributed by atoms with Crippen LogP contribution in [0.1, 0.15) is 27.6 Å². The van der Waals surface area contributed by atoms with Gasteiger partial charge in [-0.2, -0.15) is 0 Å². The van der Waals surface area contributed by atoms with Crippen LogP contribution in [0, 0.1) is 0 Å². The monoisotopic (exact) mass is 388 g/mol. The van der Waals surface area contributed by atoms with E-state index in [0.717, 1.165) is 32.8 Å². The van der Waals surface area contributed by atoms with Gasteiger partial charge in [0.2, 0.25) is 0 Å². The molecule has 1 aliphatic rings. The molecule has 8 heteroatoms. The van der Waals surface area contributed by atoms with E-state index in [0.29, 0.717) is 34.3 Å². The third-order valence-corrected chi connectivity index (χ3v) is 4.76. The molecule has 0 bridgehead atoms. The van der Waals surface area contributed by atoms with Crippen LogP contribution in [0.15, 0.2) is 24.4 Å². The highest BCUT2D eigenvalue weighted by molar-refractivity contribution is 6.06. The highest BCUT2D eigenvalue weighted by Gasteiger charge is 2.19. The van der Waals surface area contributed by atoms with Gasteiger partial charge < -0.3 is 24.4 Å². The normalized spacial score (nSPS) is 14.6. The van der Waals surface area contributed by atoms with E-state index in [-0.39, 0.29) is 6.61 Å². The Bertz CT molecular complexity index is 849. The van der Waals surface area contributed by atoms with E-state index in [1.54, 1.807) is 25.1 Å². The first kappa shape index (κ1) is 20.0. The highest BCUT2D eigenvalue weighted by atomic mass is 16.5. The van der Waals surface area contributed by atoms with Gasteiger partial charge in [0, 0.05) is 11.6 Å². The SMILES string of the molecule is CCOC(=O)c1cnc2ccc(C(=O)OC)cc2c1NCC[NH+]1CCOCC1. The molecular weight excluding hydrogens is 362 g/mol. The maximum Gasteiger partial charge on any atom is 0.341 e. The van der Waals surface area contributed by atoms with Crippen LogP contribution >= 0.6 is 0 Å². The third kappa shape index (κ3) is 4.58. The molecule has 150 valence electrons. The molecule has 0 amide bonds. The zero-order chi connectivity index (χ0) is 19.9. The number of fused-ring (bicyclic) bond motifs is 1. The molecule has 1 aliphatic heterocycles. The van der Waals surface area contributed by atoms with Gasteiger partial charge in [-0.25, -0.2) is 9.59 Å². The third-order valence-electron chi connectivity index (χ3n) is 4.76. The van der Waals surface area contributed by atoms with Crippen molar-refractivity contribution >= 4 is 28.5 Å². The molecule has 0 radical (unpaired) electrons. The summed E-state index contributed by atoms with van der Waals surface area (Å²) in [7, 11) is 1.34. The van der Waals surface area contributed by atoms with Crippen LogP contribution < -0.4 is 10.2 Å². The van der Waals surface area contributed by atoms with E-state index in [2.05, 4.69) is 10.3 Å². The fraction of sp³-hybridized carbons (Fsp3) is 0.450. The minimum atomic E-state index is -0.443. The Morgan fingerprint density at radius 2 is 2.04 bits per heavy atom. The van der Waals surface area contributed by atoms with Crippen molar-refractivity contribution < 1.29 is 28.7 Å². The summed E-state index contributed by atoms with van der Waals surface area (Å²) in [6, 6.07) is 5.10. The number of benzene rings is 1. The Hall–Kier alpha value is -2.71. The lowest BCUT2D eigenvalue weighted by atomic mass is 10.1. The number of esters is 2. The lowest BCUT2D eigenvalue weighted by molar-refractivity contribution is -0.906. The van der Waals surface area contributed by atoms with Crippen molar-refractivity contribution in [2.75, 3.05) is 58.4 Å². The number of anilines is 1. The molecule has 1 aromatic carbocycles. The first-order valence-electron chi connectivity index (χ1n) is 9.47. The minimum Gasteiger partial charge on any atom is -0.465 e. The van der Waals surface area contributed by atoms with E-state index in [1.807, 2.05) is 0 Å².